The van der Waals surface area contributed by atoms with Crippen LogP contribution in [0.2, 0.25) is 0 Å². The Balaban J connectivity index is 1.94. The third-order valence-corrected chi connectivity index (χ3v) is 3.44. The predicted molar refractivity (Wildman–Crippen MR) is 85.2 cm³/mol. The number of hydrogen-bond acceptors (Lipinski definition) is 5. The van der Waals surface area contributed by atoms with E-state index < -0.39 is 0 Å². The molecule has 1 heterocycles. The van der Waals surface area contributed by atoms with Gasteiger partial charge in [0.15, 0.2) is 17.3 Å². The largest absolute Gasteiger partial charge is 0.508 e. The molecule has 0 saturated heterocycles. The molecule has 23 heavy (non-hydrogen) atoms. The lowest BCUT2D eigenvalue weighted by Crippen LogP contribution is -1.99. The van der Waals surface area contributed by atoms with Gasteiger partial charge in [0.25, 0.3) is 0 Å². The van der Waals surface area contributed by atoms with E-state index in [-0.39, 0.29) is 17.3 Å². The molecule has 2 aromatic rings. The van der Waals surface area contributed by atoms with Crippen LogP contribution in [0, 0.1) is 0 Å². The van der Waals surface area contributed by atoms with Crippen LogP contribution in [0.5, 0.6) is 23.0 Å². The fourth-order valence-electron chi connectivity index (χ4n) is 2.38. The van der Waals surface area contributed by atoms with Crippen molar-refractivity contribution < 1.29 is 24.1 Å². The quantitative estimate of drug-likeness (QED) is 0.876. The van der Waals surface area contributed by atoms with E-state index in [0.29, 0.717) is 29.4 Å². The minimum absolute atomic E-state index is 0.0564. The minimum Gasteiger partial charge on any atom is -0.508 e. The third kappa shape index (κ3) is 2.85. The number of allylic oxidation sites excluding steroid dienone is 1. The summed E-state index contributed by atoms with van der Waals surface area (Å²) < 4.78 is 16.3. The number of rotatable bonds is 4. The van der Waals surface area contributed by atoms with Crippen molar-refractivity contribution >= 4 is 11.9 Å². The van der Waals surface area contributed by atoms with E-state index in [9.17, 15) is 9.90 Å². The fourth-order valence-corrected chi connectivity index (χ4v) is 2.38. The molecule has 5 heteroatoms. The van der Waals surface area contributed by atoms with Gasteiger partial charge in [0.1, 0.15) is 11.5 Å². The maximum Gasteiger partial charge on any atom is 0.231 e. The highest BCUT2D eigenvalue weighted by molar-refractivity contribution is 6.14. The highest BCUT2D eigenvalue weighted by atomic mass is 16.5. The van der Waals surface area contributed by atoms with Gasteiger partial charge in [0.05, 0.1) is 19.3 Å². The number of carbonyl (C=O) groups excluding carboxylic acids is 1. The number of aromatic hydroxyl groups is 1. The molecule has 5 nitrogen and oxygen atoms in total. The Morgan fingerprint density at radius 3 is 2.74 bits per heavy atom. The van der Waals surface area contributed by atoms with Gasteiger partial charge >= 0.3 is 0 Å². The predicted octanol–water partition coefficient (Wildman–Crippen LogP) is 3.42. The Labute approximate surface area is 133 Å². The van der Waals surface area contributed by atoms with Gasteiger partial charge in [0.2, 0.25) is 5.78 Å². The van der Waals surface area contributed by atoms with Gasteiger partial charge < -0.3 is 19.3 Å². The van der Waals surface area contributed by atoms with E-state index in [4.69, 9.17) is 14.2 Å². The van der Waals surface area contributed by atoms with Gasteiger partial charge in [-0.3, -0.25) is 4.79 Å². The summed E-state index contributed by atoms with van der Waals surface area (Å²) in [6.45, 7) is 2.40. The number of fused-ring (bicyclic) bond motifs is 1. The van der Waals surface area contributed by atoms with Crippen molar-refractivity contribution in [2.75, 3.05) is 13.7 Å². The lowest BCUT2D eigenvalue weighted by Gasteiger charge is -2.09. The summed E-state index contributed by atoms with van der Waals surface area (Å²) in [6.07, 6.45) is 1.64. The Morgan fingerprint density at radius 1 is 1.17 bits per heavy atom. The van der Waals surface area contributed by atoms with E-state index in [1.165, 1.54) is 12.1 Å². The van der Waals surface area contributed by atoms with Gasteiger partial charge in [-0.15, -0.1) is 0 Å². The number of phenols is 1. The Hall–Kier alpha value is -2.95. The van der Waals surface area contributed by atoms with E-state index in [0.717, 1.165) is 5.56 Å². The Kier molecular flexibility index (Phi) is 3.93. The van der Waals surface area contributed by atoms with E-state index >= 15 is 0 Å². The first-order chi connectivity index (χ1) is 11.1. The molecule has 0 atom stereocenters. The molecule has 118 valence electrons. The Morgan fingerprint density at radius 2 is 2.00 bits per heavy atom. The van der Waals surface area contributed by atoms with Gasteiger partial charge in [-0.1, -0.05) is 6.07 Å². The average molecular weight is 312 g/mol. The molecule has 1 N–H and O–H groups in total. The lowest BCUT2D eigenvalue weighted by atomic mass is 10.1. The zero-order valence-corrected chi connectivity index (χ0v) is 12.8. The summed E-state index contributed by atoms with van der Waals surface area (Å²) >= 11 is 0. The minimum atomic E-state index is -0.214. The number of ether oxygens (including phenoxy) is 3. The molecule has 0 unspecified atom stereocenters. The normalized spacial score (nSPS) is 14.5. The zero-order chi connectivity index (χ0) is 16.4. The zero-order valence-electron chi connectivity index (χ0n) is 12.8. The van der Waals surface area contributed by atoms with Crippen molar-refractivity contribution in [2.45, 2.75) is 6.92 Å². The molecular weight excluding hydrogens is 296 g/mol. The monoisotopic (exact) mass is 312 g/mol. The molecule has 3 rings (SSSR count). The number of hydrogen-bond donors (Lipinski definition) is 1. The topological polar surface area (TPSA) is 65.0 Å². The molecule has 0 saturated carbocycles. The van der Waals surface area contributed by atoms with Crippen molar-refractivity contribution in [2.24, 2.45) is 0 Å². The van der Waals surface area contributed by atoms with Crippen molar-refractivity contribution in [3.63, 3.8) is 0 Å². The molecule has 0 fully saturated rings. The number of carbonyl (C=O) groups is 1. The van der Waals surface area contributed by atoms with Gasteiger partial charge in [-0.05, 0) is 42.8 Å². The first-order valence-electron chi connectivity index (χ1n) is 7.20. The summed E-state index contributed by atoms with van der Waals surface area (Å²) in [7, 11) is 1.57. The van der Waals surface area contributed by atoms with Crippen molar-refractivity contribution in [1.29, 1.82) is 0 Å². The van der Waals surface area contributed by atoms with E-state index in [2.05, 4.69) is 0 Å². The molecule has 0 aliphatic carbocycles. The Bertz CT molecular complexity index is 792. The summed E-state index contributed by atoms with van der Waals surface area (Å²) in [5.74, 6) is 1.64. The summed E-state index contributed by atoms with van der Waals surface area (Å²) in [5.41, 5.74) is 1.20. The highest BCUT2D eigenvalue weighted by Gasteiger charge is 2.27. The van der Waals surface area contributed by atoms with Crippen LogP contribution < -0.4 is 14.2 Å². The summed E-state index contributed by atoms with van der Waals surface area (Å²) in [6, 6.07) is 9.80. The van der Waals surface area contributed by atoms with Crippen molar-refractivity contribution in [3.8, 4) is 23.0 Å². The average Bonchev–Trinajstić information content (AvgIpc) is 2.83. The van der Waals surface area contributed by atoms with Crippen LogP contribution in [0.15, 0.2) is 42.2 Å². The lowest BCUT2D eigenvalue weighted by molar-refractivity contribution is 0.101. The molecule has 0 radical (unpaired) electrons. The van der Waals surface area contributed by atoms with E-state index in [1.807, 2.05) is 13.0 Å². The molecular formula is C18H16O5. The molecule has 2 aromatic carbocycles. The maximum absolute atomic E-state index is 12.3. The van der Waals surface area contributed by atoms with Crippen LogP contribution in [0.25, 0.3) is 6.08 Å². The number of phenolic OH excluding ortho intramolecular Hbond substituents is 1. The van der Waals surface area contributed by atoms with Crippen LogP contribution >= 0.6 is 0 Å². The molecule has 0 spiro atoms. The third-order valence-electron chi connectivity index (χ3n) is 3.44. The van der Waals surface area contributed by atoms with Crippen LogP contribution in [0.1, 0.15) is 22.8 Å². The number of ketones is 1. The van der Waals surface area contributed by atoms with Gasteiger partial charge in [-0.25, -0.2) is 0 Å². The molecule has 0 aromatic heterocycles. The van der Waals surface area contributed by atoms with Crippen molar-refractivity contribution in [1.82, 2.24) is 0 Å². The van der Waals surface area contributed by atoms with Crippen LogP contribution in [-0.4, -0.2) is 24.6 Å². The first-order valence-corrected chi connectivity index (χ1v) is 7.20. The first kappa shape index (κ1) is 15.0. The van der Waals surface area contributed by atoms with Crippen LogP contribution in [0.3, 0.4) is 0 Å². The number of Topliss-reactive ketones (excluding diaryl/α,β-unsaturated/α-hetero) is 1. The second-order valence-corrected chi connectivity index (χ2v) is 4.96. The molecule has 0 amide bonds. The van der Waals surface area contributed by atoms with Crippen LogP contribution in [-0.2, 0) is 0 Å². The maximum atomic E-state index is 12.3. The highest BCUT2D eigenvalue weighted by Crippen LogP contribution is 2.35. The number of methoxy groups -OCH3 is 1. The number of benzene rings is 2. The second kappa shape index (κ2) is 6.04. The van der Waals surface area contributed by atoms with Gasteiger partial charge in [0, 0.05) is 6.07 Å². The van der Waals surface area contributed by atoms with E-state index in [1.54, 1.807) is 31.4 Å². The standard InChI is InChI=1S/C18H16O5/c1-3-22-16-8-11(4-7-14(16)21-2)9-17-18(20)13-6-5-12(19)10-15(13)23-17/h4-10,19H,3H2,1-2H3/b17-9+. The fraction of sp³-hybridized carbons (Fsp3) is 0.167. The molecule has 1 aliphatic rings. The molecule has 0 bridgehead atoms. The molecule has 1 aliphatic heterocycles. The van der Waals surface area contributed by atoms with Crippen LogP contribution in [0.4, 0.5) is 0 Å². The smallest absolute Gasteiger partial charge is 0.231 e. The van der Waals surface area contributed by atoms with Gasteiger partial charge in [-0.2, -0.15) is 0 Å². The second-order valence-electron chi connectivity index (χ2n) is 4.96. The summed E-state index contributed by atoms with van der Waals surface area (Å²) in [5, 5.41) is 9.47. The SMILES string of the molecule is CCOc1cc(/C=C2/Oc3cc(O)ccc3C2=O)ccc1OC. The summed E-state index contributed by atoms with van der Waals surface area (Å²) in [4.78, 5) is 12.3. The van der Waals surface area contributed by atoms with Crippen molar-refractivity contribution in [3.05, 3.63) is 53.3 Å².